The van der Waals surface area contributed by atoms with Gasteiger partial charge in [0.2, 0.25) is 0 Å². The van der Waals surface area contributed by atoms with E-state index in [1.807, 2.05) is 35.0 Å². The molecule has 2 N–H and O–H groups in total. The molecule has 1 amide bonds. The number of nitrogens with zero attached hydrogens (tertiary/aromatic N) is 2. The largest absolute Gasteiger partial charge is 0.350 e. The molecule has 8 heteroatoms. The second-order valence-electron chi connectivity index (χ2n) is 5.94. The first-order valence-corrected chi connectivity index (χ1v) is 9.23. The standard InChI is InChI=1S/C18H15ClN4O2S/c1-10-14-16(24)21-9-22-18(14)26-15(10)17(25)20-5-7-23-6-4-11-2-3-12(19)8-13(11)23/h2-4,6,8-9H,5,7H2,1H3,(H,20,25)(H,21,22,24). The number of hydrogen-bond acceptors (Lipinski definition) is 4. The number of carbonyl (C=O) groups is 1. The summed E-state index contributed by atoms with van der Waals surface area (Å²) in [6.07, 6.45) is 3.33. The summed E-state index contributed by atoms with van der Waals surface area (Å²) in [5.41, 5.74) is 1.47. The normalized spacial score (nSPS) is 11.3. The van der Waals surface area contributed by atoms with Gasteiger partial charge in [-0.3, -0.25) is 9.59 Å². The summed E-state index contributed by atoms with van der Waals surface area (Å²) in [6.45, 7) is 2.86. The fourth-order valence-corrected chi connectivity index (χ4v) is 4.25. The summed E-state index contributed by atoms with van der Waals surface area (Å²) in [7, 11) is 0. The number of nitrogens with one attached hydrogen (secondary N) is 2. The molecule has 3 heterocycles. The molecular formula is C18H15ClN4O2S. The minimum atomic E-state index is -0.224. The van der Waals surface area contributed by atoms with E-state index in [1.54, 1.807) is 6.92 Å². The highest BCUT2D eigenvalue weighted by atomic mass is 35.5. The van der Waals surface area contributed by atoms with Crippen LogP contribution in [0.15, 0.2) is 41.6 Å². The Hall–Kier alpha value is -2.64. The van der Waals surface area contributed by atoms with Gasteiger partial charge in [0.1, 0.15) is 4.83 Å². The third-order valence-corrected chi connectivity index (χ3v) is 5.75. The van der Waals surface area contributed by atoms with Gasteiger partial charge in [0, 0.05) is 29.8 Å². The average Bonchev–Trinajstić information content (AvgIpc) is 3.17. The Kier molecular flexibility index (Phi) is 4.26. The van der Waals surface area contributed by atoms with E-state index in [4.69, 9.17) is 11.6 Å². The van der Waals surface area contributed by atoms with Crippen LogP contribution in [0.25, 0.3) is 21.1 Å². The number of hydrogen-bond donors (Lipinski definition) is 2. The molecule has 0 atom stereocenters. The van der Waals surface area contributed by atoms with Gasteiger partial charge < -0.3 is 14.9 Å². The molecule has 0 saturated carbocycles. The number of carbonyl (C=O) groups excluding carboxylic acids is 1. The maximum atomic E-state index is 12.5. The van der Waals surface area contributed by atoms with Crippen molar-refractivity contribution in [1.82, 2.24) is 19.9 Å². The molecule has 0 fully saturated rings. The Morgan fingerprint density at radius 3 is 3.04 bits per heavy atom. The highest BCUT2D eigenvalue weighted by molar-refractivity contribution is 7.20. The monoisotopic (exact) mass is 386 g/mol. The van der Waals surface area contributed by atoms with Gasteiger partial charge in [-0.1, -0.05) is 17.7 Å². The van der Waals surface area contributed by atoms with Crippen LogP contribution < -0.4 is 10.9 Å². The third-order valence-electron chi connectivity index (χ3n) is 4.31. The van der Waals surface area contributed by atoms with Crippen LogP contribution in [0.5, 0.6) is 0 Å². The van der Waals surface area contributed by atoms with Gasteiger partial charge >= 0.3 is 0 Å². The number of thiophene rings is 1. The number of aromatic nitrogens is 3. The fraction of sp³-hybridized carbons (Fsp3) is 0.167. The molecule has 0 saturated heterocycles. The smallest absolute Gasteiger partial charge is 0.261 e. The summed E-state index contributed by atoms with van der Waals surface area (Å²) in [6, 6.07) is 7.75. The lowest BCUT2D eigenvalue weighted by Crippen LogP contribution is -2.26. The van der Waals surface area contributed by atoms with E-state index in [-0.39, 0.29) is 11.5 Å². The van der Waals surface area contributed by atoms with E-state index in [0.717, 1.165) is 10.9 Å². The lowest BCUT2D eigenvalue weighted by molar-refractivity contribution is 0.0956. The van der Waals surface area contributed by atoms with Crippen LogP contribution in [0.1, 0.15) is 15.2 Å². The molecule has 3 aromatic heterocycles. The summed E-state index contributed by atoms with van der Waals surface area (Å²) >= 11 is 7.30. The highest BCUT2D eigenvalue weighted by Crippen LogP contribution is 2.26. The van der Waals surface area contributed by atoms with E-state index in [2.05, 4.69) is 15.3 Å². The first kappa shape index (κ1) is 16.8. The van der Waals surface area contributed by atoms with Crippen LogP contribution in [0.3, 0.4) is 0 Å². The van der Waals surface area contributed by atoms with E-state index >= 15 is 0 Å². The summed E-state index contributed by atoms with van der Waals surface area (Å²) in [5, 5.41) is 5.18. The zero-order chi connectivity index (χ0) is 18.3. The molecule has 1 aromatic carbocycles. The van der Waals surface area contributed by atoms with Crippen LogP contribution >= 0.6 is 22.9 Å². The van der Waals surface area contributed by atoms with E-state index in [0.29, 0.717) is 38.8 Å². The average molecular weight is 387 g/mol. The predicted octanol–water partition coefficient (Wildman–Crippen LogP) is 3.33. The van der Waals surface area contributed by atoms with E-state index in [9.17, 15) is 9.59 Å². The summed E-state index contributed by atoms with van der Waals surface area (Å²) in [5.74, 6) is -0.195. The first-order chi connectivity index (χ1) is 12.5. The number of amides is 1. The molecule has 6 nitrogen and oxygen atoms in total. The zero-order valence-corrected chi connectivity index (χ0v) is 15.4. The van der Waals surface area contributed by atoms with Gasteiger partial charge in [-0.2, -0.15) is 0 Å². The Labute approximate surface area is 157 Å². The second kappa shape index (κ2) is 6.59. The molecule has 26 heavy (non-hydrogen) atoms. The molecule has 0 spiro atoms. The van der Waals surface area contributed by atoms with Crippen LogP contribution in [0, 0.1) is 6.92 Å². The van der Waals surface area contributed by atoms with Crippen molar-refractivity contribution in [2.75, 3.05) is 6.54 Å². The number of aromatic amines is 1. The van der Waals surface area contributed by atoms with Crippen molar-refractivity contribution in [3.63, 3.8) is 0 Å². The highest BCUT2D eigenvalue weighted by Gasteiger charge is 2.17. The van der Waals surface area contributed by atoms with Gasteiger partial charge in [-0.05, 0) is 36.1 Å². The lowest BCUT2D eigenvalue weighted by atomic mass is 10.2. The summed E-state index contributed by atoms with van der Waals surface area (Å²) in [4.78, 5) is 32.2. The minimum Gasteiger partial charge on any atom is -0.350 e. The number of fused-ring (bicyclic) bond motifs is 2. The SMILES string of the molecule is Cc1c(C(=O)NCCn2ccc3ccc(Cl)cc32)sc2nc[nH]c(=O)c12. The molecular weight excluding hydrogens is 372 g/mol. The van der Waals surface area contributed by atoms with Crippen molar-refractivity contribution >= 4 is 50.0 Å². The van der Waals surface area contributed by atoms with Crippen molar-refractivity contribution in [3.8, 4) is 0 Å². The summed E-state index contributed by atoms with van der Waals surface area (Å²) < 4.78 is 2.05. The van der Waals surface area contributed by atoms with Crippen molar-refractivity contribution in [2.45, 2.75) is 13.5 Å². The number of rotatable bonds is 4. The quantitative estimate of drug-likeness (QED) is 0.564. The maximum Gasteiger partial charge on any atom is 0.261 e. The van der Waals surface area contributed by atoms with Crippen LogP contribution in [-0.4, -0.2) is 27.0 Å². The van der Waals surface area contributed by atoms with Crippen LogP contribution in [0.2, 0.25) is 5.02 Å². The van der Waals surface area contributed by atoms with Crippen LogP contribution in [-0.2, 0) is 6.54 Å². The van der Waals surface area contributed by atoms with Crippen molar-refractivity contribution in [3.05, 3.63) is 62.6 Å². The molecule has 4 aromatic rings. The van der Waals surface area contributed by atoms with Gasteiger partial charge in [-0.25, -0.2) is 4.98 Å². The Balaban J connectivity index is 1.51. The second-order valence-corrected chi connectivity index (χ2v) is 7.37. The molecule has 0 aliphatic carbocycles. The number of halogens is 1. The van der Waals surface area contributed by atoms with E-state index < -0.39 is 0 Å². The van der Waals surface area contributed by atoms with E-state index in [1.165, 1.54) is 17.7 Å². The van der Waals surface area contributed by atoms with Crippen molar-refractivity contribution in [2.24, 2.45) is 0 Å². The molecule has 0 aliphatic heterocycles. The zero-order valence-electron chi connectivity index (χ0n) is 13.9. The van der Waals surface area contributed by atoms with Gasteiger partial charge in [0.15, 0.2) is 0 Å². The maximum absolute atomic E-state index is 12.5. The minimum absolute atomic E-state index is 0.195. The predicted molar refractivity (Wildman–Crippen MR) is 104 cm³/mol. The molecule has 132 valence electrons. The molecule has 0 bridgehead atoms. The van der Waals surface area contributed by atoms with Crippen molar-refractivity contribution in [1.29, 1.82) is 0 Å². The molecule has 4 rings (SSSR count). The molecule has 0 radical (unpaired) electrons. The molecule has 0 unspecified atom stereocenters. The van der Waals surface area contributed by atoms with Gasteiger partial charge in [0.05, 0.1) is 16.6 Å². The van der Waals surface area contributed by atoms with Crippen LogP contribution in [0.4, 0.5) is 0 Å². The molecule has 0 aliphatic rings. The fourth-order valence-electron chi connectivity index (χ4n) is 3.02. The lowest BCUT2D eigenvalue weighted by Gasteiger charge is -2.07. The topological polar surface area (TPSA) is 79.8 Å². The Bertz CT molecular complexity index is 1190. The Morgan fingerprint density at radius 2 is 2.23 bits per heavy atom. The first-order valence-electron chi connectivity index (χ1n) is 8.04. The third kappa shape index (κ3) is 2.89. The number of aryl methyl sites for hydroxylation is 1. The number of H-pyrrole nitrogens is 1. The van der Waals surface area contributed by atoms with Gasteiger partial charge in [0.25, 0.3) is 11.5 Å². The number of benzene rings is 1. The van der Waals surface area contributed by atoms with Gasteiger partial charge in [-0.15, -0.1) is 11.3 Å². The Morgan fingerprint density at radius 1 is 1.38 bits per heavy atom. The van der Waals surface area contributed by atoms with Crippen molar-refractivity contribution < 1.29 is 4.79 Å².